The van der Waals surface area contributed by atoms with Crippen LogP contribution in [0.3, 0.4) is 0 Å². The van der Waals surface area contributed by atoms with Crippen molar-refractivity contribution < 1.29 is 0 Å². The average molecular weight is 392 g/mol. The maximum atomic E-state index is 6.19. The summed E-state index contributed by atoms with van der Waals surface area (Å²) in [6.45, 7) is 2.12. The minimum atomic E-state index is 0.534. The number of nitrogens with zero attached hydrogens (tertiary/aromatic N) is 1. The summed E-state index contributed by atoms with van der Waals surface area (Å²) < 4.78 is 1.42. The summed E-state index contributed by atoms with van der Waals surface area (Å²) in [5.41, 5.74) is 1.92. The SMILES string of the molecule is CCCc1[nH]c(Cc2c(Cl)cccc2Cl)nc(=S)c1Br. The second-order valence-electron chi connectivity index (χ2n) is 4.41. The summed E-state index contributed by atoms with van der Waals surface area (Å²) in [5, 5.41) is 1.28. The van der Waals surface area contributed by atoms with E-state index in [-0.39, 0.29) is 0 Å². The fourth-order valence-corrected chi connectivity index (χ4v) is 3.08. The van der Waals surface area contributed by atoms with Crippen molar-refractivity contribution in [2.75, 3.05) is 0 Å². The molecule has 0 saturated carbocycles. The quantitative estimate of drug-likeness (QED) is 0.672. The molecule has 0 aliphatic carbocycles. The molecule has 2 nitrogen and oxygen atoms in total. The number of hydrogen-bond donors (Lipinski definition) is 1. The molecule has 2 rings (SSSR count). The Labute approximate surface area is 141 Å². The van der Waals surface area contributed by atoms with Crippen LogP contribution in [-0.4, -0.2) is 9.97 Å². The van der Waals surface area contributed by atoms with Crippen LogP contribution in [-0.2, 0) is 12.8 Å². The van der Waals surface area contributed by atoms with Crippen LogP contribution in [0.15, 0.2) is 22.7 Å². The summed E-state index contributed by atoms with van der Waals surface area (Å²) in [5.74, 6) is 0.775. The van der Waals surface area contributed by atoms with E-state index in [0.717, 1.165) is 34.4 Å². The molecule has 106 valence electrons. The number of H-pyrrole nitrogens is 1. The number of aryl methyl sites for hydroxylation is 1. The maximum absolute atomic E-state index is 6.19. The predicted molar refractivity (Wildman–Crippen MR) is 90.4 cm³/mol. The van der Waals surface area contributed by atoms with Crippen molar-refractivity contribution in [2.24, 2.45) is 0 Å². The highest BCUT2D eigenvalue weighted by atomic mass is 79.9. The number of rotatable bonds is 4. The molecule has 0 radical (unpaired) electrons. The molecule has 0 saturated heterocycles. The van der Waals surface area contributed by atoms with Crippen molar-refractivity contribution in [3.63, 3.8) is 0 Å². The van der Waals surface area contributed by atoms with Gasteiger partial charge in [-0.3, -0.25) is 0 Å². The van der Waals surface area contributed by atoms with Gasteiger partial charge in [0.1, 0.15) is 10.5 Å². The van der Waals surface area contributed by atoms with E-state index in [1.807, 2.05) is 18.2 Å². The van der Waals surface area contributed by atoms with Gasteiger partial charge in [-0.05, 0) is 40.0 Å². The number of halogens is 3. The summed E-state index contributed by atoms with van der Waals surface area (Å²) in [7, 11) is 0. The number of aromatic nitrogens is 2. The van der Waals surface area contributed by atoms with Gasteiger partial charge in [-0.15, -0.1) is 0 Å². The largest absolute Gasteiger partial charge is 0.346 e. The predicted octanol–water partition coefficient (Wildman–Crippen LogP) is 5.75. The van der Waals surface area contributed by atoms with Crippen LogP contribution in [0.1, 0.15) is 30.4 Å². The average Bonchev–Trinajstić information content (AvgIpc) is 2.40. The van der Waals surface area contributed by atoms with Gasteiger partial charge in [-0.2, -0.15) is 0 Å². The topological polar surface area (TPSA) is 28.7 Å². The first-order chi connectivity index (χ1) is 9.52. The zero-order chi connectivity index (χ0) is 14.7. The molecule has 0 fully saturated rings. The Bertz CT molecular complexity index is 665. The molecular weight excluding hydrogens is 379 g/mol. The highest BCUT2D eigenvalue weighted by molar-refractivity contribution is 9.10. The molecule has 0 unspecified atom stereocenters. The van der Waals surface area contributed by atoms with Crippen molar-refractivity contribution in [1.82, 2.24) is 9.97 Å². The lowest BCUT2D eigenvalue weighted by Gasteiger charge is -2.10. The molecule has 0 aliphatic rings. The molecule has 20 heavy (non-hydrogen) atoms. The van der Waals surface area contributed by atoms with E-state index in [4.69, 9.17) is 35.4 Å². The third-order valence-electron chi connectivity index (χ3n) is 2.89. The summed E-state index contributed by atoms with van der Waals surface area (Å²) in [6.07, 6.45) is 2.47. The molecule has 1 heterocycles. The number of nitrogens with one attached hydrogen (secondary N) is 1. The minimum Gasteiger partial charge on any atom is -0.346 e. The first-order valence-corrected chi connectivity index (χ1v) is 8.19. The Kier molecular flexibility index (Phi) is 5.61. The van der Waals surface area contributed by atoms with Crippen molar-refractivity contribution >= 4 is 51.3 Å². The second-order valence-corrected chi connectivity index (χ2v) is 6.40. The lowest BCUT2D eigenvalue weighted by Crippen LogP contribution is -2.03. The van der Waals surface area contributed by atoms with E-state index < -0.39 is 0 Å². The van der Waals surface area contributed by atoms with E-state index in [1.165, 1.54) is 0 Å². The van der Waals surface area contributed by atoms with Crippen molar-refractivity contribution in [1.29, 1.82) is 0 Å². The van der Waals surface area contributed by atoms with E-state index in [0.29, 0.717) is 21.1 Å². The molecule has 0 aliphatic heterocycles. The fourth-order valence-electron chi connectivity index (χ4n) is 1.93. The highest BCUT2D eigenvalue weighted by Crippen LogP contribution is 2.27. The van der Waals surface area contributed by atoms with Gasteiger partial charge in [0.2, 0.25) is 0 Å². The fraction of sp³-hybridized carbons (Fsp3) is 0.286. The Morgan fingerprint density at radius 1 is 1.30 bits per heavy atom. The van der Waals surface area contributed by atoms with Crippen LogP contribution >= 0.6 is 51.3 Å². The van der Waals surface area contributed by atoms with Gasteiger partial charge in [0.15, 0.2) is 0 Å². The normalized spacial score (nSPS) is 10.8. The second kappa shape index (κ2) is 7.03. The van der Waals surface area contributed by atoms with E-state index >= 15 is 0 Å². The third-order valence-corrected chi connectivity index (χ3v) is 5.01. The van der Waals surface area contributed by atoms with Crippen molar-refractivity contribution in [3.05, 3.63) is 54.4 Å². The van der Waals surface area contributed by atoms with Crippen LogP contribution < -0.4 is 0 Å². The Hall–Kier alpha value is -0.420. The van der Waals surface area contributed by atoms with Gasteiger partial charge < -0.3 is 4.98 Å². The lowest BCUT2D eigenvalue weighted by atomic mass is 10.1. The number of aromatic amines is 1. The molecule has 1 aromatic heterocycles. The summed E-state index contributed by atoms with van der Waals surface area (Å²) >= 11 is 21.1. The molecule has 0 atom stereocenters. The molecule has 6 heteroatoms. The highest BCUT2D eigenvalue weighted by Gasteiger charge is 2.10. The first kappa shape index (κ1) is 16.0. The van der Waals surface area contributed by atoms with Crippen molar-refractivity contribution in [2.45, 2.75) is 26.2 Å². The van der Waals surface area contributed by atoms with Gasteiger partial charge in [-0.1, -0.05) is 54.8 Å². The zero-order valence-corrected chi connectivity index (χ0v) is 14.8. The monoisotopic (exact) mass is 390 g/mol. The zero-order valence-electron chi connectivity index (χ0n) is 10.8. The molecule has 0 bridgehead atoms. The van der Waals surface area contributed by atoms with Gasteiger partial charge in [0, 0.05) is 22.2 Å². The van der Waals surface area contributed by atoms with Crippen LogP contribution in [0.4, 0.5) is 0 Å². The first-order valence-electron chi connectivity index (χ1n) is 6.23. The Morgan fingerprint density at radius 2 is 1.95 bits per heavy atom. The molecule has 1 N–H and O–H groups in total. The summed E-state index contributed by atoms with van der Waals surface area (Å²) in [6, 6.07) is 5.47. The number of hydrogen-bond acceptors (Lipinski definition) is 2. The molecule has 0 spiro atoms. The smallest absolute Gasteiger partial charge is 0.144 e. The standard InChI is InChI=1S/C14H13BrCl2N2S/c1-2-4-11-13(15)14(20)19-12(18-11)7-8-9(16)5-3-6-10(8)17/h3,5-6H,2,4,7H2,1H3,(H,18,19,20). The molecular formula is C14H13BrCl2N2S. The third kappa shape index (κ3) is 3.61. The van der Waals surface area contributed by atoms with Gasteiger partial charge in [0.25, 0.3) is 0 Å². The van der Waals surface area contributed by atoms with Gasteiger partial charge in [0.05, 0.1) is 4.47 Å². The maximum Gasteiger partial charge on any atom is 0.144 e. The van der Waals surface area contributed by atoms with E-state index in [1.54, 1.807) is 0 Å². The van der Waals surface area contributed by atoms with Gasteiger partial charge in [-0.25, -0.2) is 4.98 Å². The van der Waals surface area contributed by atoms with E-state index in [2.05, 4.69) is 32.8 Å². The van der Waals surface area contributed by atoms with Crippen LogP contribution in [0.2, 0.25) is 10.0 Å². The Morgan fingerprint density at radius 3 is 2.55 bits per heavy atom. The minimum absolute atomic E-state index is 0.534. The van der Waals surface area contributed by atoms with Crippen LogP contribution in [0.5, 0.6) is 0 Å². The van der Waals surface area contributed by atoms with Gasteiger partial charge >= 0.3 is 0 Å². The molecule has 1 aromatic carbocycles. The summed E-state index contributed by atoms with van der Waals surface area (Å²) in [4.78, 5) is 7.70. The van der Waals surface area contributed by atoms with E-state index in [9.17, 15) is 0 Å². The van der Waals surface area contributed by atoms with Crippen LogP contribution in [0.25, 0.3) is 0 Å². The lowest BCUT2D eigenvalue weighted by molar-refractivity contribution is 0.830. The van der Waals surface area contributed by atoms with Crippen molar-refractivity contribution in [3.8, 4) is 0 Å². The number of benzene rings is 1. The Balaban J connectivity index is 2.42. The van der Waals surface area contributed by atoms with Crippen LogP contribution in [0, 0.1) is 4.64 Å². The molecule has 2 aromatic rings. The molecule has 0 amide bonds.